The van der Waals surface area contributed by atoms with Crippen LogP contribution in [0, 0.1) is 11.3 Å². The smallest absolute Gasteiger partial charge is 0.282 e. The number of hydrogen-bond donors (Lipinski definition) is 3. The van der Waals surface area contributed by atoms with Gasteiger partial charge in [-0.1, -0.05) is 6.07 Å². The van der Waals surface area contributed by atoms with Crippen molar-refractivity contribution < 1.29 is 19.2 Å². The lowest BCUT2D eigenvalue weighted by molar-refractivity contribution is -0.904. The largest absolute Gasteiger partial charge is 0.497 e. The number of anilines is 2. The highest BCUT2D eigenvalue weighted by molar-refractivity contribution is 5.94. The highest BCUT2D eigenvalue weighted by Crippen LogP contribution is 2.14. The molecule has 2 rings (SSSR count). The van der Waals surface area contributed by atoms with Crippen molar-refractivity contribution in [1.29, 1.82) is 5.26 Å². The minimum Gasteiger partial charge on any atom is -0.497 e. The number of rotatable bonds is 8. The van der Waals surface area contributed by atoms with Gasteiger partial charge in [-0.25, -0.2) is 0 Å². The van der Waals surface area contributed by atoms with Crippen LogP contribution in [-0.2, 0) is 9.59 Å². The molecule has 146 valence electrons. The lowest BCUT2D eigenvalue weighted by Crippen LogP contribution is -3.17. The maximum Gasteiger partial charge on any atom is 0.282 e. The molecule has 0 bridgehead atoms. The van der Waals surface area contributed by atoms with E-state index in [-0.39, 0.29) is 18.4 Å². The van der Waals surface area contributed by atoms with Gasteiger partial charge < -0.3 is 20.3 Å². The van der Waals surface area contributed by atoms with E-state index < -0.39 is 6.04 Å². The zero-order valence-corrected chi connectivity index (χ0v) is 16.3. The SMILES string of the molecule is CC[NH+](CC(=O)Nc1ccc(OC)cc1)[C@@H](C)C(=O)Nc1cccc(C#N)c1. The van der Waals surface area contributed by atoms with Crippen molar-refractivity contribution in [2.24, 2.45) is 0 Å². The first-order chi connectivity index (χ1) is 13.5. The topological polar surface area (TPSA) is 95.7 Å². The number of hydrogen-bond acceptors (Lipinski definition) is 4. The maximum absolute atomic E-state index is 12.6. The van der Waals surface area contributed by atoms with Gasteiger partial charge in [0.05, 0.1) is 25.3 Å². The fourth-order valence-electron chi connectivity index (χ4n) is 2.77. The van der Waals surface area contributed by atoms with E-state index in [0.29, 0.717) is 29.2 Å². The molecule has 0 aliphatic carbocycles. The van der Waals surface area contributed by atoms with Crippen LogP contribution in [0.25, 0.3) is 0 Å². The predicted molar refractivity (Wildman–Crippen MR) is 107 cm³/mol. The van der Waals surface area contributed by atoms with Gasteiger partial charge in [0.1, 0.15) is 5.75 Å². The van der Waals surface area contributed by atoms with Crippen LogP contribution in [0.15, 0.2) is 48.5 Å². The average molecular weight is 381 g/mol. The zero-order valence-electron chi connectivity index (χ0n) is 16.3. The number of quaternary nitrogens is 1. The molecule has 0 saturated carbocycles. The van der Waals surface area contributed by atoms with Gasteiger partial charge in [-0.15, -0.1) is 0 Å². The summed E-state index contributed by atoms with van der Waals surface area (Å²) < 4.78 is 5.10. The summed E-state index contributed by atoms with van der Waals surface area (Å²) in [7, 11) is 1.58. The Hall–Kier alpha value is -3.37. The van der Waals surface area contributed by atoms with E-state index in [1.807, 2.05) is 13.0 Å². The third kappa shape index (κ3) is 5.83. The van der Waals surface area contributed by atoms with Crippen LogP contribution >= 0.6 is 0 Å². The number of likely N-dealkylation sites (N-methyl/N-ethyl adjacent to an activating group) is 1. The number of amides is 2. The van der Waals surface area contributed by atoms with Crippen molar-refractivity contribution in [2.75, 3.05) is 30.8 Å². The second kappa shape index (κ2) is 10.1. The van der Waals surface area contributed by atoms with E-state index in [1.165, 1.54) is 0 Å². The maximum atomic E-state index is 12.6. The van der Waals surface area contributed by atoms with Crippen molar-refractivity contribution in [3.8, 4) is 11.8 Å². The standard InChI is InChI=1S/C21H24N4O3/c1-4-25(14-20(26)23-17-8-10-19(28-3)11-9-17)15(2)21(27)24-18-7-5-6-16(12-18)13-22/h5-12,15H,4,14H2,1-3H3,(H,23,26)(H,24,27)/p+1/t15-/m0/s1. The molecule has 2 aromatic rings. The molecule has 0 aliphatic rings. The number of nitrogens with zero attached hydrogens (tertiary/aromatic N) is 1. The average Bonchev–Trinajstić information content (AvgIpc) is 2.72. The lowest BCUT2D eigenvalue weighted by atomic mass is 10.2. The fraction of sp³-hybridized carbons (Fsp3) is 0.286. The normalized spacial score (nSPS) is 12.4. The molecule has 0 fully saturated rings. The molecule has 1 unspecified atom stereocenters. The fourth-order valence-corrected chi connectivity index (χ4v) is 2.77. The quantitative estimate of drug-likeness (QED) is 0.645. The highest BCUT2D eigenvalue weighted by atomic mass is 16.5. The van der Waals surface area contributed by atoms with Gasteiger partial charge in [0, 0.05) is 11.4 Å². The summed E-state index contributed by atoms with van der Waals surface area (Å²) in [5.41, 5.74) is 1.71. The number of carbonyl (C=O) groups is 2. The van der Waals surface area contributed by atoms with Crippen LogP contribution in [0.1, 0.15) is 19.4 Å². The molecule has 7 nitrogen and oxygen atoms in total. The summed E-state index contributed by atoms with van der Waals surface area (Å²) in [6.07, 6.45) is 0. The van der Waals surface area contributed by atoms with E-state index in [4.69, 9.17) is 10.00 Å². The summed E-state index contributed by atoms with van der Waals surface area (Å²) in [5, 5.41) is 14.6. The van der Waals surface area contributed by atoms with Crippen molar-refractivity contribution in [2.45, 2.75) is 19.9 Å². The van der Waals surface area contributed by atoms with Crippen molar-refractivity contribution in [3.63, 3.8) is 0 Å². The number of nitrogens with one attached hydrogen (secondary N) is 3. The van der Waals surface area contributed by atoms with Crippen LogP contribution in [0.3, 0.4) is 0 Å². The molecule has 3 N–H and O–H groups in total. The molecule has 7 heteroatoms. The molecule has 0 saturated heterocycles. The number of ether oxygens (including phenoxy) is 1. The van der Waals surface area contributed by atoms with Crippen LogP contribution in [0.4, 0.5) is 11.4 Å². The van der Waals surface area contributed by atoms with E-state index in [1.54, 1.807) is 62.6 Å². The molecule has 0 spiro atoms. The van der Waals surface area contributed by atoms with Crippen molar-refractivity contribution in [3.05, 3.63) is 54.1 Å². The molecule has 2 amide bonds. The summed E-state index contributed by atoms with van der Waals surface area (Å²) in [5.74, 6) is 0.335. The van der Waals surface area contributed by atoms with Crippen LogP contribution < -0.4 is 20.3 Å². The Morgan fingerprint density at radius 2 is 1.86 bits per heavy atom. The summed E-state index contributed by atoms with van der Waals surface area (Å²) in [6, 6.07) is 15.4. The Morgan fingerprint density at radius 3 is 2.46 bits per heavy atom. The first-order valence-electron chi connectivity index (χ1n) is 9.06. The van der Waals surface area contributed by atoms with Crippen molar-refractivity contribution >= 4 is 23.2 Å². The van der Waals surface area contributed by atoms with Gasteiger partial charge in [0.25, 0.3) is 11.8 Å². The predicted octanol–water partition coefficient (Wildman–Crippen LogP) is 1.44. The molecule has 2 atom stereocenters. The monoisotopic (exact) mass is 381 g/mol. The molecular formula is C21H25N4O3+. The Kier molecular flexibility index (Phi) is 7.55. The molecule has 0 aromatic heterocycles. The van der Waals surface area contributed by atoms with E-state index in [0.717, 1.165) is 4.90 Å². The molecule has 0 heterocycles. The Labute approximate surface area is 164 Å². The van der Waals surface area contributed by atoms with Crippen LogP contribution in [0.2, 0.25) is 0 Å². The Morgan fingerprint density at radius 1 is 1.14 bits per heavy atom. The first kappa shape index (κ1) is 20.9. The Bertz CT molecular complexity index is 859. The van der Waals surface area contributed by atoms with Gasteiger partial charge in [-0.3, -0.25) is 9.59 Å². The molecular weight excluding hydrogens is 356 g/mol. The molecule has 0 radical (unpaired) electrons. The number of carbonyl (C=O) groups excluding carboxylic acids is 2. The van der Waals surface area contributed by atoms with E-state index in [2.05, 4.69) is 10.6 Å². The van der Waals surface area contributed by atoms with E-state index in [9.17, 15) is 9.59 Å². The minimum atomic E-state index is -0.433. The molecule has 28 heavy (non-hydrogen) atoms. The number of methoxy groups -OCH3 is 1. The zero-order chi connectivity index (χ0) is 20.5. The summed E-state index contributed by atoms with van der Waals surface area (Å²) in [6.45, 7) is 4.48. The molecule has 0 aliphatic heterocycles. The number of nitriles is 1. The summed E-state index contributed by atoms with van der Waals surface area (Å²) in [4.78, 5) is 25.8. The minimum absolute atomic E-state index is 0.162. The highest BCUT2D eigenvalue weighted by Gasteiger charge is 2.26. The Balaban J connectivity index is 1.95. The van der Waals surface area contributed by atoms with Crippen molar-refractivity contribution in [1.82, 2.24) is 0 Å². The van der Waals surface area contributed by atoms with Gasteiger partial charge in [0.2, 0.25) is 0 Å². The van der Waals surface area contributed by atoms with E-state index >= 15 is 0 Å². The third-order valence-electron chi connectivity index (χ3n) is 4.48. The number of benzene rings is 2. The van der Waals surface area contributed by atoms with Gasteiger partial charge in [-0.2, -0.15) is 5.26 Å². The lowest BCUT2D eigenvalue weighted by Gasteiger charge is -2.23. The second-order valence-electron chi connectivity index (χ2n) is 6.37. The van der Waals surface area contributed by atoms with Gasteiger partial charge in [-0.05, 0) is 56.3 Å². The summed E-state index contributed by atoms with van der Waals surface area (Å²) >= 11 is 0. The third-order valence-corrected chi connectivity index (χ3v) is 4.48. The van der Waals surface area contributed by atoms with Crippen LogP contribution in [-0.4, -0.2) is 38.1 Å². The first-order valence-corrected chi connectivity index (χ1v) is 9.06. The van der Waals surface area contributed by atoms with Gasteiger partial charge >= 0.3 is 0 Å². The second-order valence-corrected chi connectivity index (χ2v) is 6.37. The van der Waals surface area contributed by atoms with Gasteiger partial charge in [0.15, 0.2) is 12.6 Å². The van der Waals surface area contributed by atoms with Crippen LogP contribution in [0.5, 0.6) is 5.75 Å². The molecule has 2 aromatic carbocycles.